The van der Waals surface area contributed by atoms with Crippen molar-refractivity contribution in [2.75, 3.05) is 22.9 Å². The van der Waals surface area contributed by atoms with Crippen LogP contribution < -0.4 is 9.80 Å². The minimum absolute atomic E-state index is 0.324. The first-order chi connectivity index (χ1) is 20.8. The number of nitrogens with zero attached hydrogens (tertiary/aromatic N) is 4. The van der Waals surface area contributed by atoms with Crippen molar-refractivity contribution < 1.29 is 0 Å². The Morgan fingerprint density at radius 3 is 1.31 bits per heavy atom. The number of benzene rings is 4. The summed E-state index contributed by atoms with van der Waals surface area (Å²) in [5, 5.41) is 5.18. The summed E-state index contributed by atoms with van der Waals surface area (Å²) >= 11 is 0. The Bertz CT molecular complexity index is 1510. The number of hydrogen-bond acceptors (Lipinski definition) is 4. The predicted molar refractivity (Wildman–Crippen MR) is 178 cm³/mol. The zero-order valence-corrected chi connectivity index (χ0v) is 24.7. The van der Waals surface area contributed by atoms with Gasteiger partial charge < -0.3 is 9.80 Å². The lowest BCUT2D eigenvalue weighted by Gasteiger charge is -2.29. The molecule has 0 radical (unpaired) electrons. The molecule has 2 aliphatic carbocycles. The molecule has 8 rings (SSSR count). The maximum Gasteiger partial charge on any atom is 0.172 e. The fourth-order valence-electron chi connectivity index (χ4n) is 8.30. The summed E-state index contributed by atoms with van der Waals surface area (Å²) in [6.07, 6.45) is 13.3. The Kier molecular flexibility index (Phi) is 6.94. The summed E-state index contributed by atoms with van der Waals surface area (Å²) in [6.45, 7) is 1.90. The van der Waals surface area contributed by atoms with Crippen molar-refractivity contribution in [1.29, 1.82) is 0 Å². The summed E-state index contributed by atoms with van der Waals surface area (Å²) in [5.41, 5.74) is 2.54. The van der Waals surface area contributed by atoms with Gasteiger partial charge in [0.15, 0.2) is 11.7 Å². The van der Waals surface area contributed by atoms with Crippen molar-refractivity contribution in [2.45, 2.75) is 76.3 Å². The average molecular weight is 555 g/mol. The molecule has 2 saturated carbocycles. The van der Waals surface area contributed by atoms with Gasteiger partial charge in [-0.05, 0) is 60.4 Å². The van der Waals surface area contributed by atoms with Crippen molar-refractivity contribution in [3.05, 3.63) is 84.9 Å². The first-order valence-electron chi connectivity index (χ1n) is 16.5. The van der Waals surface area contributed by atoms with Crippen LogP contribution in [0.5, 0.6) is 0 Å². The van der Waals surface area contributed by atoms with E-state index in [1.807, 2.05) is 0 Å². The third-order valence-electron chi connectivity index (χ3n) is 10.5. The van der Waals surface area contributed by atoms with Crippen LogP contribution in [0.15, 0.2) is 94.9 Å². The molecule has 214 valence electrons. The highest BCUT2D eigenvalue weighted by Gasteiger charge is 2.41. The second-order valence-corrected chi connectivity index (χ2v) is 13.1. The van der Waals surface area contributed by atoms with Gasteiger partial charge in [0.25, 0.3) is 0 Å². The van der Waals surface area contributed by atoms with Gasteiger partial charge in [-0.15, -0.1) is 0 Å². The van der Waals surface area contributed by atoms with Gasteiger partial charge in [-0.2, -0.15) is 0 Å². The summed E-state index contributed by atoms with van der Waals surface area (Å²) in [4.78, 5) is 16.4. The highest BCUT2D eigenvalue weighted by atomic mass is 15.4. The van der Waals surface area contributed by atoms with Gasteiger partial charge in [-0.3, -0.25) is 9.98 Å². The van der Waals surface area contributed by atoms with Gasteiger partial charge in [-0.25, -0.2) is 0 Å². The van der Waals surface area contributed by atoms with Crippen LogP contribution in [-0.2, 0) is 0 Å². The summed E-state index contributed by atoms with van der Waals surface area (Å²) < 4.78 is 0. The van der Waals surface area contributed by atoms with E-state index >= 15 is 0 Å². The molecule has 0 spiro atoms. The molecule has 4 heteroatoms. The first kappa shape index (κ1) is 26.0. The second-order valence-electron chi connectivity index (χ2n) is 13.1. The molecule has 4 aromatic rings. The molecule has 0 saturated heterocycles. The van der Waals surface area contributed by atoms with Gasteiger partial charge in [0.1, 0.15) is 0 Å². The van der Waals surface area contributed by atoms with E-state index in [9.17, 15) is 0 Å². The van der Waals surface area contributed by atoms with E-state index in [-0.39, 0.29) is 0 Å². The van der Waals surface area contributed by atoms with E-state index in [2.05, 4.69) is 94.7 Å². The summed E-state index contributed by atoms with van der Waals surface area (Å²) in [6, 6.07) is 31.8. The van der Waals surface area contributed by atoms with E-state index in [1.165, 1.54) is 97.1 Å². The van der Waals surface area contributed by atoms with Gasteiger partial charge >= 0.3 is 0 Å². The molecule has 0 amide bonds. The quantitative estimate of drug-likeness (QED) is 0.246. The third kappa shape index (κ3) is 4.69. The Labute approximate surface area is 250 Å². The molecule has 2 atom stereocenters. The van der Waals surface area contributed by atoms with Crippen molar-refractivity contribution in [3.8, 4) is 0 Å². The van der Waals surface area contributed by atoms with Crippen molar-refractivity contribution >= 4 is 44.6 Å². The number of amidine groups is 2. The Morgan fingerprint density at radius 1 is 0.452 bits per heavy atom. The molecule has 2 aliphatic heterocycles. The minimum Gasteiger partial charge on any atom is -0.321 e. The van der Waals surface area contributed by atoms with E-state index in [1.54, 1.807) is 0 Å². The van der Waals surface area contributed by atoms with Crippen molar-refractivity contribution in [2.24, 2.45) is 21.8 Å². The van der Waals surface area contributed by atoms with E-state index in [4.69, 9.17) is 9.98 Å². The molecule has 4 nitrogen and oxygen atoms in total. The maximum atomic E-state index is 5.66. The summed E-state index contributed by atoms with van der Waals surface area (Å²) in [7, 11) is 0. The maximum absolute atomic E-state index is 5.66. The van der Waals surface area contributed by atoms with Crippen molar-refractivity contribution in [3.63, 3.8) is 0 Å². The zero-order chi connectivity index (χ0) is 27.9. The molecule has 0 N–H and O–H groups in total. The third-order valence-corrected chi connectivity index (χ3v) is 10.5. The highest BCUT2D eigenvalue weighted by Crippen LogP contribution is 2.39. The molecular formula is C38H42N4. The largest absolute Gasteiger partial charge is 0.321 e. The Morgan fingerprint density at radius 2 is 0.857 bits per heavy atom. The van der Waals surface area contributed by atoms with Crippen LogP contribution in [0.3, 0.4) is 0 Å². The number of fused-ring (bicyclic) bond motifs is 2. The second kappa shape index (κ2) is 11.2. The number of aliphatic imine (C=N–C) groups is 2. The highest BCUT2D eigenvalue weighted by molar-refractivity contribution is 6.51. The van der Waals surface area contributed by atoms with E-state index < -0.39 is 0 Å². The van der Waals surface area contributed by atoms with Crippen LogP contribution in [0, 0.1) is 11.8 Å². The van der Waals surface area contributed by atoms with E-state index in [0.29, 0.717) is 23.9 Å². The van der Waals surface area contributed by atoms with Crippen molar-refractivity contribution in [1.82, 2.24) is 0 Å². The molecule has 0 bridgehead atoms. The molecule has 2 fully saturated rings. The Hall–Kier alpha value is -3.66. The van der Waals surface area contributed by atoms with Gasteiger partial charge in [0.2, 0.25) is 0 Å². The molecule has 0 unspecified atom stereocenters. The average Bonchev–Trinajstić information content (AvgIpc) is 3.70. The van der Waals surface area contributed by atoms with Crippen LogP contribution >= 0.6 is 0 Å². The van der Waals surface area contributed by atoms with Crippen LogP contribution in [0.2, 0.25) is 0 Å². The van der Waals surface area contributed by atoms with Gasteiger partial charge in [0, 0.05) is 23.9 Å². The molecule has 4 aromatic carbocycles. The smallest absolute Gasteiger partial charge is 0.172 e. The first-order valence-corrected chi connectivity index (χ1v) is 16.5. The van der Waals surface area contributed by atoms with Gasteiger partial charge in [0.05, 0.1) is 23.5 Å². The minimum atomic E-state index is 0.324. The van der Waals surface area contributed by atoms with Gasteiger partial charge in [-0.1, -0.05) is 111 Å². The number of hydrogen-bond donors (Lipinski definition) is 0. The SMILES string of the molecule is c1ccc2c(N3C[C@H](C4CCCCC4)N=C3C3=N[C@@H](C4CCCCC4)CN3c3cccc4ccccc34)cccc2c1. The lowest BCUT2D eigenvalue weighted by atomic mass is 9.84. The lowest BCUT2D eigenvalue weighted by molar-refractivity contribution is 0.315. The van der Waals surface area contributed by atoms with Crippen LogP contribution in [0.4, 0.5) is 11.4 Å². The molecular weight excluding hydrogens is 512 g/mol. The van der Waals surface area contributed by atoms with E-state index in [0.717, 1.165) is 24.8 Å². The standard InChI is InChI=1S/C38H42N4/c1-3-15-29(16-4-1)33-25-41(35-23-11-19-27-13-7-9-21-31(27)35)37(39-33)38-40-34(30-17-5-2-6-18-30)26-42(38)36-24-12-20-28-14-8-10-22-32(28)36/h7-14,19-24,29-30,33-34H,1-6,15-18,25-26H2/t33-,34-/m1/s1. The number of anilines is 2. The monoisotopic (exact) mass is 554 g/mol. The fraction of sp³-hybridized carbons (Fsp3) is 0.421. The van der Waals surface area contributed by atoms with Crippen LogP contribution in [0.25, 0.3) is 21.5 Å². The molecule has 4 aliphatic rings. The molecule has 2 heterocycles. The molecule has 42 heavy (non-hydrogen) atoms. The Balaban J connectivity index is 1.27. The topological polar surface area (TPSA) is 31.2 Å². The van der Waals surface area contributed by atoms with Crippen LogP contribution in [-0.4, -0.2) is 36.8 Å². The number of rotatable bonds is 5. The summed E-state index contributed by atoms with van der Waals surface area (Å²) in [5.74, 6) is 3.51. The predicted octanol–water partition coefficient (Wildman–Crippen LogP) is 9.03. The normalized spacial score (nSPS) is 24.0. The fourth-order valence-corrected chi connectivity index (χ4v) is 8.30. The molecule has 0 aromatic heterocycles. The van der Waals surface area contributed by atoms with Crippen LogP contribution in [0.1, 0.15) is 64.2 Å². The zero-order valence-electron chi connectivity index (χ0n) is 24.7. The lowest BCUT2D eigenvalue weighted by Crippen LogP contribution is -2.43.